The number of carbonyl (C=O) groups excluding carboxylic acids is 1. The summed E-state index contributed by atoms with van der Waals surface area (Å²) in [6.45, 7) is 11.5. The molecule has 5 nitrogen and oxygen atoms in total. The van der Waals surface area contributed by atoms with E-state index in [1.807, 2.05) is 36.6 Å². The second-order valence-electron chi connectivity index (χ2n) is 8.33. The lowest BCUT2D eigenvalue weighted by Gasteiger charge is -2.44. The number of amides is 2. The molecule has 0 radical (unpaired) electrons. The van der Waals surface area contributed by atoms with Gasteiger partial charge in [0.25, 0.3) is 0 Å². The van der Waals surface area contributed by atoms with E-state index < -0.39 is 0 Å². The van der Waals surface area contributed by atoms with Crippen LogP contribution in [-0.2, 0) is 12.2 Å². The lowest BCUT2D eigenvalue weighted by molar-refractivity contribution is 0.138. The van der Waals surface area contributed by atoms with Crippen molar-refractivity contribution >= 4 is 28.7 Å². The van der Waals surface area contributed by atoms with Crippen molar-refractivity contribution in [3.8, 4) is 0 Å². The zero-order chi connectivity index (χ0) is 21.3. The van der Waals surface area contributed by atoms with E-state index in [0.717, 1.165) is 30.8 Å². The van der Waals surface area contributed by atoms with Crippen molar-refractivity contribution in [3.63, 3.8) is 0 Å². The average Bonchev–Trinajstić information content (AvgIpc) is 3.04. The summed E-state index contributed by atoms with van der Waals surface area (Å²) < 4.78 is 2.08. The first kappa shape index (κ1) is 21.3. The number of hydrogen-bond donors (Lipinski definition) is 1. The van der Waals surface area contributed by atoms with Gasteiger partial charge in [-0.2, -0.15) is 11.8 Å². The van der Waals surface area contributed by atoms with Gasteiger partial charge in [0.1, 0.15) is 0 Å². The van der Waals surface area contributed by atoms with E-state index in [1.54, 1.807) is 0 Å². The van der Waals surface area contributed by atoms with Gasteiger partial charge in [-0.05, 0) is 63.1 Å². The van der Waals surface area contributed by atoms with Crippen molar-refractivity contribution in [1.29, 1.82) is 0 Å². The molecule has 4 rings (SSSR count). The molecule has 0 spiro atoms. The number of piperidine rings is 1. The summed E-state index contributed by atoms with van der Waals surface area (Å²) in [5.74, 6) is 1.45. The topological polar surface area (TPSA) is 40.5 Å². The third-order valence-corrected chi connectivity index (χ3v) is 7.41. The average molecular weight is 427 g/mol. The van der Waals surface area contributed by atoms with E-state index in [0.29, 0.717) is 25.0 Å². The van der Waals surface area contributed by atoms with Crippen LogP contribution in [0.25, 0.3) is 10.9 Å². The number of aromatic nitrogens is 1. The Labute approximate surface area is 184 Å². The number of carbonyl (C=O) groups is 1. The molecule has 162 valence electrons. The summed E-state index contributed by atoms with van der Waals surface area (Å²) in [5, 5.41) is 1.38. The van der Waals surface area contributed by atoms with Gasteiger partial charge < -0.3 is 4.90 Å². The van der Waals surface area contributed by atoms with Crippen LogP contribution < -0.4 is 5.43 Å². The standard InChI is InChI=1S/C24H34N4OS/c1-5-13-27-14-9-11-17-18-10-8-12-20-23(18)19(15-21(17)27)22(16-30-4)28(20)25-24(29)26(6-2)7-3/h5,8,10,12,17,21H,1,6-7,9,11,13-16H2,2-4H3,(H,25,29)/t17-,21-/m1/s1. The van der Waals surface area contributed by atoms with Crippen molar-refractivity contribution < 1.29 is 4.79 Å². The van der Waals surface area contributed by atoms with E-state index in [2.05, 4.69) is 46.0 Å². The Morgan fingerprint density at radius 2 is 2.17 bits per heavy atom. The zero-order valence-corrected chi connectivity index (χ0v) is 19.3. The fraction of sp³-hybridized carbons (Fsp3) is 0.542. The third kappa shape index (κ3) is 3.54. The summed E-state index contributed by atoms with van der Waals surface area (Å²) in [6.07, 6.45) is 7.70. The van der Waals surface area contributed by atoms with Crippen LogP contribution in [0.3, 0.4) is 0 Å². The Balaban J connectivity index is 1.83. The highest BCUT2D eigenvalue weighted by Gasteiger charge is 2.39. The van der Waals surface area contributed by atoms with Crippen LogP contribution >= 0.6 is 11.8 Å². The number of hydrogen-bond acceptors (Lipinski definition) is 3. The van der Waals surface area contributed by atoms with Gasteiger partial charge in [-0.1, -0.05) is 18.2 Å². The molecule has 1 fully saturated rings. The number of nitrogens with zero attached hydrogens (tertiary/aromatic N) is 3. The monoisotopic (exact) mass is 426 g/mol. The van der Waals surface area contributed by atoms with Gasteiger partial charge in [-0.3, -0.25) is 9.58 Å². The molecule has 2 atom stereocenters. The van der Waals surface area contributed by atoms with Crippen LogP contribution in [0.15, 0.2) is 30.9 Å². The van der Waals surface area contributed by atoms with E-state index in [4.69, 9.17) is 0 Å². The summed E-state index contributed by atoms with van der Waals surface area (Å²) in [6, 6.07) is 7.14. The van der Waals surface area contributed by atoms with Gasteiger partial charge in [-0.25, -0.2) is 10.2 Å². The minimum Gasteiger partial charge on any atom is -0.324 e. The van der Waals surface area contributed by atoms with Crippen LogP contribution in [0.4, 0.5) is 4.79 Å². The van der Waals surface area contributed by atoms with Gasteiger partial charge in [0.15, 0.2) is 0 Å². The number of nitrogens with one attached hydrogen (secondary N) is 1. The predicted octanol–water partition coefficient (Wildman–Crippen LogP) is 4.80. The molecule has 2 aliphatic rings. The Morgan fingerprint density at radius 1 is 1.37 bits per heavy atom. The second kappa shape index (κ2) is 9.06. The van der Waals surface area contributed by atoms with Gasteiger partial charge in [0.05, 0.1) is 11.2 Å². The first-order chi connectivity index (χ1) is 14.6. The zero-order valence-electron chi connectivity index (χ0n) is 18.5. The molecule has 2 amide bonds. The summed E-state index contributed by atoms with van der Waals surface area (Å²) in [4.78, 5) is 17.4. The first-order valence-corrected chi connectivity index (χ1v) is 12.6. The Hall–Kier alpha value is -1.92. The maximum Gasteiger partial charge on any atom is 0.336 e. The first-order valence-electron chi connectivity index (χ1n) is 11.2. The number of fused-ring (bicyclic) bond motifs is 2. The fourth-order valence-electron chi connectivity index (χ4n) is 5.48. The van der Waals surface area contributed by atoms with Gasteiger partial charge >= 0.3 is 6.03 Å². The normalized spacial score (nSPS) is 20.8. The van der Waals surface area contributed by atoms with Crippen LogP contribution in [0.1, 0.15) is 49.4 Å². The van der Waals surface area contributed by atoms with Crippen molar-refractivity contribution in [2.45, 2.75) is 50.8 Å². The fourth-order valence-corrected chi connectivity index (χ4v) is 6.06. The summed E-state index contributed by atoms with van der Waals surface area (Å²) in [5.41, 5.74) is 8.50. The van der Waals surface area contributed by atoms with E-state index in [1.165, 1.54) is 35.0 Å². The molecule has 1 aliphatic carbocycles. The molecular formula is C24H34N4OS. The highest BCUT2D eigenvalue weighted by atomic mass is 32.2. The molecule has 1 aliphatic heterocycles. The minimum absolute atomic E-state index is 0.0267. The van der Waals surface area contributed by atoms with Crippen molar-refractivity contribution in [2.24, 2.45) is 0 Å². The molecular weight excluding hydrogens is 392 g/mol. The van der Waals surface area contributed by atoms with Crippen LogP contribution in [0.2, 0.25) is 0 Å². The molecule has 0 unspecified atom stereocenters. The molecule has 6 heteroatoms. The Bertz CT molecular complexity index is 933. The molecule has 0 bridgehead atoms. The SMILES string of the molecule is C=CCN1CCC[C@@H]2c3cccc4c3c(c(CSC)n4NC(=O)N(CC)CC)C[C@H]21. The number of thioether (sulfide) groups is 1. The molecule has 1 aromatic heterocycles. The van der Waals surface area contributed by atoms with E-state index in [9.17, 15) is 4.79 Å². The van der Waals surface area contributed by atoms with Crippen molar-refractivity contribution in [1.82, 2.24) is 14.5 Å². The largest absolute Gasteiger partial charge is 0.336 e. The predicted molar refractivity (Wildman–Crippen MR) is 128 cm³/mol. The van der Waals surface area contributed by atoms with E-state index in [-0.39, 0.29) is 6.03 Å². The number of benzene rings is 1. The molecule has 30 heavy (non-hydrogen) atoms. The Kier molecular flexibility index (Phi) is 6.44. The molecule has 1 saturated heterocycles. The summed E-state index contributed by atoms with van der Waals surface area (Å²) >= 11 is 1.82. The Morgan fingerprint density at radius 3 is 2.87 bits per heavy atom. The lowest BCUT2D eigenvalue weighted by Crippen LogP contribution is -2.46. The lowest BCUT2D eigenvalue weighted by atomic mass is 9.74. The number of likely N-dealkylation sites (tertiary alicyclic amines) is 1. The molecule has 0 saturated carbocycles. The van der Waals surface area contributed by atoms with Gasteiger partial charge in [0.2, 0.25) is 0 Å². The number of urea groups is 1. The van der Waals surface area contributed by atoms with Crippen molar-refractivity contribution in [2.75, 3.05) is 37.9 Å². The maximum atomic E-state index is 12.9. The van der Waals surface area contributed by atoms with Gasteiger partial charge in [-0.15, -0.1) is 6.58 Å². The smallest absolute Gasteiger partial charge is 0.324 e. The second-order valence-corrected chi connectivity index (χ2v) is 9.19. The van der Waals surface area contributed by atoms with Crippen LogP contribution in [0, 0.1) is 0 Å². The quantitative estimate of drug-likeness (QED) is 0.647. The highest BCUT2D eigenvalue weighted by molar-refractivity contribution is 7.97. The number of rotatable bonds is 7. The summed E-state index contributed by atoms with van der Waals surface area (Å²) in [7, 11) is 0. The molecule has 1 N–H and O–H groups in total. The maximum absolute atomic E-state index is 12.9. The van der Waals surface area contributed by atoms with Gasteiger partial charge in [0, 0.05) is 42.7 Å². The third-order valence-electron chi connectivity index (χ3n) is 6.85. The van der Waals surface area contributed by atoms with Crippen LogP contribution in [-0.4, -0.2) is 59.0 Å². The molecule has 1 aromatic carbocycles. The molecule has 2 aromatic rings. The van der Waals surface area contributed by atoms with Crippen LogP contribution in [0.5, 0.6) is 0 Å². The van der Waals surface area contributed by atoms with Crippen molar-refractivity contribution in [3.05, 3.63) is 47.7 Å². The minimum atomic E-state index is -0.0267. The highest BCUT2D eigenvalue weighted by Crippen LogP contribution is 2.45. The van der Waals surface area contributed by atoms with E-state index >= 15 is 0 Å². The molecule has 2 heterocycles.